The Morgan fingerprint density at radius 2 is 1.70 bits per heavy atom. The molecule has 9 nitrogen and oxygen atoms in total. The van der Waals surface area contributed by atoms with Crippen LogP contribution in [0.1, 0.15) is 59.2 Å². The van der Waals surface area contributed by atoms with Crippen molar-refractivity contribution in [3.8, 4) is 17.6 Å². The number of nitriles is 1. The summed E-state index contributed by atoms with van der Waals surface area (Å²) in [6.07, 6.45) is 5.33. The first-order valence-corrected chi connectivity index (χ1v) is 12.6. The molecule has 1 saturated carbocycles. The zero-order valence-electron chi connectivity index (χ0n) is 21.0. The molecular weight excluding hydrogens is 474 g/mol. The number of rotatable bonds is 8. The van der Waals surface area contributed by atoms with Crippen LogP contribution in [0, 0.1) is 11.3 Å². The van der Waals surface area contributed by atoms with Crippen molar-refractivity contribution >= 4 is 23.5 Å². The first kappa shape index (κ1) is 26.0. The van der Waals surface area contributed by atoms with Gasteiger partial charge >= 0.3 is 5.97 Å². The van der Waals surface area contributed by atoms with Gasteiger partial charge in [-0.3, -0.25) is 9.59 Å². The number of amides is 2. The van der Waals surface area contributed by atoms with E-state index in [2.05, 4.69) is 0 Å². The van der Waals surface area contributed by atoms with Crippen molar-refractivity contribution < 1.29 is 28.6 Å². The van der Waals surface area contributed by atoms with E-state index in [1.54, 1.807) is 48.3 Å². The highest BCUT2D eigenvalue weighted by atomic mass is 16.6. The molecule has 0 radical (unpaired) electrons. The van der Waals surface area contributed by atoms with Gasteiger partial charge in [0.15, 0.2) is 18.1 Å². The first-order valence-electron chi connectivity index (χ1n) is 12.6. The van der Waals surface area contributed by atoms with E-state index in [1.165, 1.54) is 17.4 Å². The van der Waals surface area contributed by atoms with Gasteiger partial charge in [-0.25, -0.2) is 4.79 Å². The number of hydrogen-bond donors (Lipinski definition) is 0. The third-order valence-electron chi connectivity index (χ3n) is 6.73. The van der Waals surface area contributed by atoms with Crippen LogP contribution >= 0.6 is 0 Å². The molecule has 0 unspecified atom stereocenters. The van der Waals surface area contributed by atoms with Gasteiger partial charge in [-0.2, -0.15) is 5.26 Å². The number of benzene rings is 2. The molecule has 9 heteroatoms. The fraction of sp³-hybridized carbons (Fsp3) is 0.429. The summed E-state index contributed by atoms with van der Waals surface area (Å²) in [5.74, 6) is -0.406. The molecule has 0 bridgehead atoms. The molecule has 1 aliphatic heterocycles. The lowest BCUT2D eigenvalue weighted by molar-refractivity contribution is -0.121. The van der Waals surface area contributed by atoms with Crippen LogP contribution < -0.4 is 14.4 Å². The number of carbonyl (C=O) groups excluding carboxylic acids is 3. The summed E-state index contributed by atoms with van der Waals surface area (Å²) in [4.78, 5) is 42.4. The lowest BCUT2D eigenvalue weighted by Gasteiger charge is -2.31. The van der Waals surface area contributed by atoms with Gasteiger partial charge in [-0.05, 0) is 37.1 Å². The second kappa shape index (κ2) is 12.3. The van der Waals surface area contributed by atoms with Crippen molar-refractivity contribution in [2.75, 3.05) is 38.3 Å². The lowest BCUT2D eigenvalue weighted by Crippen LogP contribution is -2.39. The topological polar surface area (TPSA) is 109 Å². The standard InChI is InChI=1S/C28H31N3O6/c1-30(20-8-3-2-4-9-20)27(33)22-10-5-6-11-23(22)28(34)37-19-26(32)31(15-7-14-29)21-12-13-24-25(18-21)36-17-16-35-24/h5-6,10-13,18,20H,2-4,7-9,15-17,19H2,1H3. The summed E-state index contributed by atoms with van der Waals surface area (Å²) in [7, 11) is 1.77. The van der Waals surface area contributed by atoms with Crippen LogP contribution in [0.4, 0.5) is 5.69 Å². The molecule has 2 aliphatic rings. The van der Waals surface area contributed by atoms with Crippen molar-refractivity contribution in [3.05, 3.63) is 53.6 Å². The summed E-state index contributed by atoms with van der Waals surface area (Å²) >= 11 is 0. The third-order valence-corrected chi connectivity index (χ3v) is 6.73. The average molecular weight is 506 g/mol. The molecule has 194 valence electrons. The minimum atomic E-state index is -0.753. The average Bonchev–Trinajstić information content (AvgIpc) is 2.95. The Bertz CT molecular complexity index is 1180. The van der Waals surface area contributed by atoms with Crippen LogP contribution in [0.15, 0.2) is 42.5 Å². The molecule has 2 amide bonds. The number of nitrogens with zero attached hydrogens (tertiary/aromatic N) is 3. The van der Waals surface area contributed by atoms with E-state index in [0.29, 0.717) is 30.4 Å². The molecule has 2 aromatic rings. The summed E-state index contributed by atoms with van der Waals surface area (Å²) in [6, 6.07) is 13.7. The zero-order valence-corrected chi connectivity index (χ0v) is 21.0. The van der Waals surface area contributed by atoms with Gasteiger partial charge in [0.2, 0.25) is 0 Å². The number of esters is 1. The number of hydrogen-bond acceptors (Lipinski definition) is 7. The van der Waals surface area contributed by atoms with Crippen molar-refractivity contribution in [1.82, 2.24) is 4.90 Å². The molecule has 0 saturated heterocycles. The Labute approximate surface area is 216 Å². The van der Waals surface area contributed by atoms with Gasteiger partial charge in [0.25, 0.3) is 11.8 Å². The van der Waals surface area contributed by atoms with Crippen LogP contribution in [0.3, 0.4) is 0 Å². The Kier molecular flexibility index (Phi) is 8.62. The predicted octanol–water partition coefficient (Wildman–Crippen LogP) is 3.97. The minimum Gasteiger partial charge on any atom is -0.486 e. The maximum Gasteiger partial charge on any atom is 0.339 e. The summed E-state index contributed by atoms with van der Waals surface area (Å²) in [5, 5.41) is 9.07. The van der Waals surface area contributed by atoms with Gasteiger partial charge in [-0.1, -0.05) is 31.4 Å². The normalized spacial score (nSPS) is 14.8. The van der Waals surface area contributed by atoms with Crippen LogP contribution in [0.5, 0.6) is 11.5 Å². The molecule has 0 N–H and O–H groups in total. The SMILES string of the molecule is CN(C(=O)c1ccccc1C(=O)OCC(=O)N(CCC#N)c1ccc2c(c1)OCCO2)C1CCCCC1. The first-order chi connectivity index (χ1) is 18.0. The van der Waals surface area contributed by atoms with Gasteiger partial charge in [0.1, 0.15) is 13.2 Å². The Hall–Kier alpha value is -4.06. The maximum atomic E-state index is 13.2. The second-order valence-electron chi connectivity index (χ2n) is 9.11. The molecule has 1 heterocycles. The highest BCUT2D eigenvalue weighted by Gasteiger charge is 2.27. The Balaban J connectivity index is 1.45. The maximum absolute atomic E-state index is 13.2. The predicted molar refractivity (Wildman–Crippen MR) is 136 cm³/mol. The van der Waals surface area contributed by atoms with E-state index in [0.717, 1.165) is 25.7 Å². The highest BCUT2D eigenvalue weighted by molar-refractivity contribution is 6.06. The summed E-state index contributed by atoms with van der Waals surface area (Å²) in [5.41, 5.74) is 0.872. The Morgan fingerprint density at radius 3 is 2.43 bits per heavy atom. The van der Waals surface area contributed by atoms with Crippen molar-refractivity contribution in [2.45, 2.75) is 44.6 Å². The van der Waals surface area contributed by atoms with E-state index in [9.17, 15) is 14.4 Å². The minimum absolute atomic E-state index is 0.0962. The van der Waals surface area contributed by atoms with Gasteiger partial charge in [-0.15, -0.1) is 0 Å². The largest absolute Gasteiger partial charge is 0.486 e. The quantitative estimate of drug-likeness (QED) is 0.500. The van der Waals surface area contributed by atoms with Crippen LogP contribution in [-0.2, 0) is 9.53 Å². The zero-order chi connectivity index (χ0) is 26.2. The number of anilines is 1. The van der Waals surface area contributed by atoms with Crippen molar-refractivity contribution in [2.24, 2.45) is 0 Å². The van der Waals surface area contributed by atoms with Gasteiger partial charge in [0.05, 0.1) is 23.6 Å². The molecule has 0 spiro atoms. The number of fused-ring (bicyclic) bond motifs is 1. The van der Waals surface area contributed by atoms with Crippen LogP contribution in [0.25, 0.3) is 0 Å². The van der Waals surface area contributed by atoms with E-state index >= 15 is 0 Å². The molecule has 1 aliphatic carbocycles. The highest BCUT2D eigenvalue weighted by Crippen LogP contribution is 2.34. The van der Waals surface area contributed by atoms with E-state index < -0.39 is 18.5 Å². The molecule has 0 atom stereocenters. The summed E-state index contributed by atoms with van der Waals surface area (Å²) < 4.78 is 16.5. The second-order valence-corrected chi connectivity index (χ2v) is 9.11. The number of carbonyl (C=O) groups is 3. The van der Waals surface area contributed by atoms with Gasteiger partial charge < -0.3 is 24.0 Å². The van der Waals surface area contributed by atoms with Crippen molar-refractivity contribution in [1.29, 1.82) is 5.26 Å². The fourth-order valence-electron chi connectivity index (χ4n) is 4.71. The van der Waals surface area contributed by atoms with Gasteiger partial charge in [0, 0.05) is 31.4 Å². The number of ether oxygens (including phenoxy) is 3. The monoisotopic (exact) mass is 505 g/mol. The van der Waals surface area contributed by atoms with Crippen LogP contribution in [0.2, 0.25) is 0 Å². The van der Waals surface area contributed by atoms with E-state index in [4.69, 9.17) is 19.5 Å². The summed E-state index contributed by atoms with van der Waals surface area (Å²) in [6.45, 7) is 0.418. The Morgan fingerprint density at radius 1 is 1.00 bits per heavy atom. The molecule has 37 heavy (non-hydrogen) atoms. The lowest BCUT2D eigenvalue weighted by atomic mass is 9.94. The van der Waals surface area contributed by atoms with E-state index in [1.807, 2.05) is 6.07 Å². The molecule has 1 fully saturated rings. The van der Waals surface area contributed by atoms with E-state index in [-0.39, 0.29) is 36.0 Å². The molecule has 0 aromatic heterocycles. The molecular formula is C28H31N3O6. The molecule has 4 rings (SSSR count). The van der Waals surface area contributed by atoms with Crippen molar-refractivity contribution in [3.63, 3.8) is 0 Å². The third kappa shape index (κ3) is 6.20. The smallest absolute Gasteiger partial charge is 0.339 e. The molecule has 2 aromatic carbocycles. The fourth-order valence-corrected chi connectivity index (χ4v) is 4.71. The van der Waals surface area contributed by atoms with Crippen LogP contribution in [-0.4, -0.2) is 62.1 Å².